The molecule has 0 aliphatic carbocycles. The summed E-state index contributed by atoms with van der Waals surface area (Å²) in [6.07, 6.45) is 2.00. The van der Waals surface area contributed by atoms with Gasteiger partial charge in [-0.15, -0.1) is 11.3 Å². The summed E-state index contributed by atoms with van der Waals surface area (Å²) in [7, 11) is 0. The molecular weight excluding hydrogens is 368 g/mol. The number of carbonyl (C=O) groups is 2. The molecule has 0 N–H and O–H groups in total. The molecule has 7 nitrogen and oxygen atoms in total. The summed E-state index contributed by atoms with van der Waals surface area (Å²) >= 11 is 1.51. The van der Waals surface area contributed by atoms with Crippen LogP contribution in [0.3, 0.4) is 0 Å². The van der Waals surface area contributed by atoms with Gasteiger partial charge >= 0.3 is 5.97 Å². The van der Waals surface area contributed by atoms with Crippen LogP contribution in [0.2, 0.25) is 0 Å². The topological polar surface area (TPSA) is 89.8 Å². The molecule has 0 amide bonds. The highest BCUT2D eigenvalue weighted by Crippen LogP contribution is 2.29. The highest BCUT2D eigenvalue weighted by Gasteiger charge is 2.24. The molecule has 8 heteroatoms. The summed E-state index contributed by atoms with van der Waals surface area (Å²) < 4.78 is 5.21. The third kappa shape index (κ3) is 4.16. The number of aryl methyl sites for hydroxylation is 2. The second-order valence-corrected chi connectivity index (χ2v) is 7.94. The van der Waals surface area contributed by atoms with Crippen LogP contribution in [-0.2, 0) is 4.74 Å². The molecule has 0 saturated carbocycles. The van der Waals surface area contributed by atoms with Crippen molar-refractivity contribution in [2.45, 2.75) is 26.7 Å². The lowest BCUT2D eigenvalue weighted by Crippen LogP contribution is -2.22. The van der Waals surface area contributed by atoms with E-state index in [1.54, 1.807) is 12.1 Å². The third-order valence-electron chi connectivity index (χ3n) is 4.53. The van der Waals surface area contributed by atoms with Crippen molar-refractivity contribution in [2.75, 3.05) is 24.6 Å². The first kappa shape index (κ1) is 19.0. The minimum atomic E-state index is -0.724. The van der Waals surface area contributed by atoms with Gasteiger partial charge in [-0.05, 0) is 38.8 Å². The molecule has 0 bridgehead atoms. The lowest BCUT2D eigenvalue weighted by molar-refractivity contribution is -0.384. The Bertz CT molecular complexity index is 900. The monoisotopic (exact) mass is 388 g/mol. The number of carbonyl (C=O) groups excluding carboxylic acids is 2. The number of nitro benzene ring substituents is 1. The summed E-state index contributed by atoms with van der Waals surface area (Å²) in [5.74, 6) is -1.00. The van der Waals surface area contributed by atoms with Crippen LogP contribution in [0.15, 0.2) is 24.3 Å². The zero-order valence-electron chi connectivity index (χ0n) is 15.2. The maximum absolute atomic E-state index is 12.6. The van der Waals surface area contributed by atoms with Crippen LogP contribution in [0.25, 0.3) is 0 Å². The van der Waals surface area contributed by atoms with Gasteiger partial charge in [-0.2, -0.15) is 0 Å². The first-order chi connectivity index (χ1) is 12.9. The van der Waals surface area contributed by atoms with Gasteiger partial charge in [-0.1, -0.05) is 0 Å². The molecule has 142 valence electrons. The molecule has 1 fully saturated rings. The molecule has 0 spiro atoms. The molecule has 2 aromatic rings. The number of nitrogens with zero attached hydrogens (tertiary/aromatic N) is 2. The van der Waals surface area contributed by atoms with Crippen molar-refractivity contribution in [3.8, 4) is 0 Å². The number of non-ortho nitro benzene ring substituents is 1. The van der Waals surface area contributed by atoms with E-state index in [4.69, 9.17) is 4.74 Å². The number of hydrogen-bond acceptors (Lipinski definition) is 7. The van der Waals surface area contributed by atoms with E-state index in [1.165, 1.54) is 23.5 Å². The molecule has 1 aromatic heterocycles. The van der Waals surface area contributed by atoms with E-state index in [9.17, 15) is 19.7 Å². The molecule has 0 unspecified atom stereocenters. The molecule has 3 rings (SSSR count). The molecule has 0 atom stereocenters. The van der Waals surface area contributed by atoms with Gasteiger partial charge in [0.2, 0.25) is 5.78 Å². The minimum Gasteiger partial charge on any atom is -0.454 e. The van der Waals surface area contributed by atoms with Crippen LogP contribution in [0.1, 0.15) is 43.3 Å². The number of benzene rings is 1. The van der Waals surface area contributed by atoms with Crippen LogP contribution < -0.4 is 4.90 Å². The summed E-state index contributed by atoms with van der Waals surface area (Å²) in [5, 5.41) is 11.1. The largest absolute Gasteiger partial charge is 0.454 e. The van der Waals surface area contributed by atoms with Gasteiger partial charge in [0.1, 0.15) is 0 Å². The first-order valence-corrected chi connectivity index (χ1v) is 9.49. The highest BCUT2D eigenvalue weighted by molar-refractivity contribution is 7.12. The number of esters is 1. The predicted molar refractivity (Wildman–Crippen MR) is 103 cm³/mol. The molecule has 1 saturated heterocycles. The Kier molecular flexibility index (Phi) is 5.55. The fourth-order valence-electron chi connectivity index (χ4n) is 3.23. The Morgan fingerprint density at radius 2 is 1.89 bits per heavy atom. The average molecular weight is 388 g/mol. The number of rotatable bonds is 6. The lowest BCUT2D eigenvalue weighted by Gasteiger charge is -2.20. The SMILES string of the molecule is Cc1cc(C(=O)COC(=O)c2cc([N+](=O)[O-])ccc2N2CCCC2)c(C)s1. The molecule has 1 aliphatic heterocycles. The van der Waals surface area contributed by atoms with Crippen LogP contribution in [0, 0.1) is 24.0 Å². The van der Waals surface area contributed by atoms with Crippen molar-refractivity contribution in [1.82, 2.24) is 0 Å². The zero-order valence-corrected chi connectivity index (χ0v) is 16.0. The van der Waals surface area contributed by atoms with E-state index in [-0.39, 0.29) is 17.0 Å². The quantitative estimate of drug-likeness (QED) is 0.322. The highest BCUT2D eigenvalue weighted by atomic mass is 32.1. The minimum absolute atomic E-state index is 0.122. The normalized spacial score (nSPS) is 13.6. The van der Waals surface area contributed by atoms with Gasteiger partial charge in [0.15, 0.2) is 6.61 Å². The summed E-state index contributed by atoms with van der Waals surface area (Å²) in [6.45, 7) is 4.93. The summed E-state index contributed by atoms with van der Waals surface area (Å²) in [4.78, 5) is 39.4. The smallest absolute Gasteiger partial charge is 0.340 e. The predicted octanol–water partition coefficient (Wildman–Crippen LogP) is 3.91. The molecule has 2 heterocycles. The Morgan fingerprint density at radius 1 is 1.19 bits per heavy atom. The van der Waals surface area contributed by atoms with Crippen LogP contribution >= 0.6 is 11.3 Å². The van der Waals surface area contributed by atoms with Crippen molar-refractivity contribution >= 4 is 34.5 Å². The maximum atomic E-state index is 12.6. The summed E-state index contributed by atoms with van der Waals surface area (Å²) in [6, 6.07) is 5.96. The fourth-order valence-corrected chi connectivity index (χ4v) is 4.17. The van der Waals surface area contributed by atoms with Gasteiger partial charge < -0.3 is 9.64 Å². The second-order valence-electron chi connectivity index (χ2n) is 6.48. The Hall–Kier alpha value is -2.74. The Balaban J connectivity index is 1.80. The van der Waals surface area contributed by atoms with Gasteiger partial charge in [0, 0.05) is 40.5 Å². The van der Waals surface area contributed by atoms with Crippen molar-refractivity contribution in [1.29, 1.82) is 0 Å². The number of Topliss-reactive ketones (excluding diaryl/α,β-unsaturated/α-hetero) is 1. The van der Waals surface area contributed by atoms with Crippen molar-refractivity contribution < 1.29 is 19.2 Å². The first-order valence-electron chi connectivity index (χ1n) is 8.67. The maximum Gasteiger partial charge on any atom is 0.340 e. The van der Waals surface area contributed by atoms with E-state index in [1.807, 2.05) is 18.7 Å². The molecule has 0 radical (unpaired) electrons. The number of anilines is 1. The van der Waals surface area contributed by atoms with E-state index >= 15 is 0 Å². The number of hydrogen-bond donors (Lipinski definition) is 0. The lowest BCUT2D eigenvalue weighted by atomic mass is 10.1. The number of ether oxygens (including phenoxy) is 1. The number of ketones is 1. The summed E-state index contributed by atoms with van der Waals surface area (Å²) in [5.41, 5.74) is 1.10. The standard InChI is InChI=1S/C19H20N2O5S/c1-12-9-15(13(2)27-12)18(22)11-26-19(23)16-10-14(21(24)25)5-6-17(16)20-7-3-4-8-20/h5-6,9-10H,3-4,7-8,11H2,1-2H3. The Labute approximate surface area is 160 Å². The van der Waals surface area contributed by atoms with Gasteiger partial charge in [-0.25, -0.2) is 4.79 Å². The van der Waals surface area contributed by atoms with E-state index in [2.05, 4.69) is 0 Å². The molecule has 27 heavy (non-hydrogen) atoms. The van der Waals surface area contributed by atoms with Crippen molar-refractivity contribution in [2.24, 2.45) is 0 Å². The third-order valence-corrected chi connectivity index (χ3v) is 5.50. The van der Waals surface area contributed by atoms with Gasteiger partial charge in [-0.3, -0.25) is 14.9 Å². The van der Waals surface area contributed by atoms with E-state index in [0.29, 0.717) is 11.3 Å². The zero-order chi connectivity index (χ0) is 19.6. The molecular formula is C19H20N2O5S. The number of nitro groups is 1. The second kappa shape index (κ2) is 7.87. The van der Waals surface area contributed by atoms with Crippen LogP contribution in [-0.4, -0.2) is 36.4 Å². The Morgan fingerprint density at radius 3 is 2.48 bits per heavy atom. The molecule has 1 aromatic carbocycles. The molecule has 1 aliphatic rings. The van der Waals surface area contributed by atoms with Crippen LogP contribution in [0.5, 0.6) is 0 Å². The van der Waals surface area contributed by atoms with E-state index in [0.717, 1.165) is 35.7 Å². The van der Waals surface area contributed by atoms with Crippen molar-refractivity contribution in [3.05, 3.63) is 55.3 Å². The van der Waals surface area contributed by atoms with Crippen LogP contribution in [0.4, 0.5) is 11.4 Å². The van der Waals surface area contributed by atoms with Gasteiger partial charge in [0.25, 0.3) is 5.69 Å². The fraction of sp³-hybridized carbons (Fsp3) is 0.368. The van der Waals surface area contributed by atoms with Crippen molar-refractivity contribution in [3.63, 3.8) is 0 Å². The van der Waals surface area contributed by atoms with E-state index < -0.39 is 17.5 Å². The average Bonchev–Trinajstić information content (AvgIpc) is 3.28. The number of thiophene rings is 1. The van der Waals surface area contributed by atoms with Gasteiger partial charge in [0.05, 0.1) is 16.2 Å².